The minimum atomic E-state index is 0.411. The molecule has 20 heavy (non-hydrogen) atoms. The van der Waals surface area contributed by atoms with Gasteiger partial charge in [0.1, 0.15) is 0 Å². The third-order valence-corrected chi connectivity index (χ3v) is 5.80. The van der Waals surface area contributed by atoms with E-state index in [9.17, 15) is 0 Å². The first kappa shape index (κ1) is 14.1. The van der Waals surface area contributed by atoms with Crippen LogP contribution in [0, 0.1) is 5.41 Å². The molecule has 1 aromatic carbocycles. The molecule has 0 radical (unpaired) electrons. The zero-order valence-electron chi connectivity index (χ0n) is 13.3. The normalized spacial score (nSPS) is 23.2. The lowest BCUT2D eigenvalue weighted by atomic mass is 9.49. The Morgan fingerprint density at radius 3 is 2.15 bits per heavy atom. The van der Waals surface area contributed by atoms with Crippen LogP contribution in [0.3, 0.4) is 0 Å². The summed E-state index contributed by atoms with van der Waals surface area (Å²) < 4.78 is 0. The average Bonchev–Trinajstić information content (AvgIpc) is 2.87. The summed E-state index contributed by atoms with van der Waals surface area (Å²) in [5.74, 6) is 0.631. The van der Waals surface area contributed by atoms with Gasteiger partial charge in [-0.2, -0.15) is 0 Å². The van der Waals surface area contributed by atoms with Crippen LogP contribution in [0.25, 0.3) is 0 Å². The summed E-state index contributed by atoms with van der Waals surface area (Å²) in [6.45, 7) is 5.68. The Morgan fingerprint density at radius 1 is 1.05 bits per heavy atom. The highest BCUT2D eigenvalue weighted by Crippen LogP contribution is 2.62. The second-order valence-corrected chi connectivity index (χ2v) is 7.65. The van der Waals surface area contributed by atoms with Crippen molar-refractivity contribution in [2.24, 2.45) is 5.41 Å². The van der Waals surface area contributed by atoms with E-state index < -0.39 is 0 Å². The van der Waals surface area contributed by atoms with Gasteiger partial charge in [-0.15, -0.1) is 0 Å². The van der Waals surface area contributed by atoms with Crippen molar-refractivity contribution in [3.8, 4) is 0 Å². The van der Waals surface area contributed by atoms with Gasteiger partial charge in [0.2, 0.25) is 0 Å². The van der Waals surface area contributed by atoms with Crippen LogP contribution in [0.2, 0.25) is 0 Å². The summed E-state index contributed by atoms with van der Waals surface area (Å²) >= 11 is 0. The van der Waals surface area contributed by atoms with Crippen LogP contribution in [0.5, 0.6) is 0 Å². The summed E-state index contributed by atoms with van der Waals surface area (Å²) in [6, 6.07) is 9.48. The minimum absolute atomic E-state index is 0.411. The topological polar surface area (TPSA) is 12.0 Å². The van der Waals surface area contributed by atoms with Crippen LogP contribution in [0.4, 0.5) is 0 Å². The van der Waals surface area contributed by atoms with E-state index in [0.29, 0.717) is 16.7 Å². The summed E-state index contributed by atoms with van der Waals surface area (Å²) in [6.07, 6.45) is 8.68. The standard InChI is InChI=1S/C19H29N/c1-15(2)16-6-8-17(9-7-16)19(14-20-3)12-18(13-19)10-4-5-11-18/h6-9,15,20H,4-5,10-14H2,1-3H3. The van der Waals surface area contributed by atoms with Crippen molar-refractivity contribution in [3.05, 3.63) is 35.4 Å². The van der Waals surface area contributed by atoms with Gasteiger partial charge in [0.05, 0.1) is 0 Å². The Balaban J connectivity index is 1.81. The average molecular weight is 271 g/mol. The van der Waals surface area contributed by atoms with Gasteiger partial charge in [-0.25, -0.2) is 0 Å². The number of rotatable bonds is 4. The van der Waals surface area contributed by atoms with E-state index in [0.717, 1.165) is 6.54 Å². The summed E-state index contributed by atoms with van der Waals surface area (Å²) in [7, 11) is 2.10. The monoisotopic (exact) mass is 271 g/mol. The molecule has 3 rings (SSSR count). The lowest BCUT2D eigenvalue weighted by Crippen LogP contribution is -2.53. The molecule has 0 saturated heterocycles. The second-order valence-electron chi connectivity index (χ2n) is 7.65. The quantitative estimate of drug-likeness (QED) is 0.842. The third kappa shape index (κ3) is 2.30. The molecule has 0 unspecified atom stereocenters. The van der Waals surface area contributed by atoms with Gasteiger partial charge in [-0.05, 0) is 55.2 Å². The van der Waals surface area contributed by atoms with Crippen LogP contribution in [0.15, 0.2) is 24.3 Å². The molecule has 1 heteroatoms. The molecule has 0 aliphatic heterocycles. The molecule has 2 aliphatic carbocycles. The van der Waals surface area contributed by atoms with E-state index >= 15 is 0 Å². The molecule has 0 atom stereocenters. The van der Waals surface area contributed by atoms with E-state index in [4.69, 9.17) is 0 Å². The molecule has 0 amide bonds. The molecule has 0 bridgehead atoms. The van der Waals surface area contributed by atoms with Crippen LogP contribution >= 0.6 is 0 Å². The van der Waals surface area contributed by atoms with Gasteiger partial charge in [0.25, 0.3) is 0 Å². The summed E-state index contributed by atoms with van der Waals surface area (Å²) in [5, 5.41) is 3.45. The minimum Gasteiger partial charge on any atom is -0.319 e. The Morgan fingerprint density at radius 2 is 1.65 bits per heavy atom. The molecule has 2 fully saturated rings. The maximum absolute atomic E-state index is 3.45. The molecule has 110 valence electrons. The van der Waals surface area contributed by atoms with Crippen LogP contribution in [0.1, 0.15) is 69.4 Å². The van der Waals surface area contributed by atoms with E-state index in [1.165, 1.54) is 44.1 Å². The highest BCUT2D eigenvalue weighted by atomic mass is 14.8. The molecular formula is C19H29N. The van der Waals surface area contributed by atoms with Gasteiger partial charge < -0.3 is 5.32 Å². The van der Waals surface area contributed by atoms with Crippen molar-refractivity contribution < 1.29 is 0 Å². The van der Waals surface area contributed by atoms with Crippen molar-refractivity contribution in [1.29, 1.82) is 0 Å². The highest BCUT2D eigenvalue weighted by Gasteiger charge is 2.55. The van der Waals surface area contributed by atoms with Gasteiger partial charge in [0.15, 0.2) is 0 Å². The molecule has 0 heterocycles. The Bertz CT molecular complexity index is 443. The number of likely N-dealkylation sites (N-methyl/N-ethyl adjacent to an activating group) is 1. The number of benzene rings is 1. The zero-order valence-corrected chi connectivity index (χ0v) is 13.3. The highest BCUT2D eigenvalue weighted by molar-refractivity contribution is 5.35. The first-order valence-electron chi connectivity index (χ1n) is 8.34. The number of nitrogens with one attached hydrogen (secondary N) is 1. The lowest BCUT2D eigenvalue weighted by molar-refractivity contribution is 0.0282. The van der Waals surface area contributed by atoms with Gasteiger partial charge in [-0.3, -0.25) is 0 Å². The summed E-state index contributed by atoms with van der Waals surface area (Å²) in [5.41, 5.74) is 4.14. The van der Waals surface area contributed by atoms with Crippen molar-refractivity contribution in [1.82, 2.24) is 5.32 Å². The molecule has 1 N–H and O–H groups in total. The van der Waals surface area contributed by atoms with E-state index in [2.05, 4.69) is 50.5 Å². The van der Waals surface area contributed by atoms with Crippen molar-refractivity contribution >= 4 is 0 Å². The smallest absolute Gasteiger partial charge is 0.00882 e. The fourth-order valence-corrected chi connectivity index (χ4v) is 4.85. The predicted octanol–water partition coefficient (Wildman–Crippen LogP) is 4.62. The maximum atomic E-state index is 3.45. The molecule has 1 spiro atoms. The maximum Gasteiger partial charge on any atom is 0.00882 e. The molecule has 0 aromatic heterocycles. The van der Waals surface area contributed by atoms with E-state index in [1.807, 2.05) is 0 Å². The van der Waals surface area contributed by atoms with Crippen molar-refractivity contribution in [2.75, 3.05) is 13.6 Å². The predicted molar refractivity (Wildman–Crippen MR) is 86.3 cm³/mol. The molecule has 1 nitrogen and oxygen atoms in total. The number of hydrogen-bond donors (Lipinski definition) is 1. The van der Waals surface area contributed by atoms with E-state index in [-0.39, 0.29) is 0 Å². The Hall–Kier alpha value is -0.820. The Labute approximate surface area is 124 Å². The van der Waals surface area contributed by atoms with Gasteiger partial charge in [-0.1, -0.05) is 51.0 Å². The molecule has 1 aromatic rings. The van der Waals surface area contributed by atoms with E-state index in [1.54, 1.807) is 5.56 Å². The molecule has 2 saturated carbocycles. The van der Waals surface area contributed by atoms with Crippen molar-refractivity contribution in [2.45, 2.75) is 63.7 Å². The lowest BCUT2D eigenvalue weighted by Gasteiger charge is -2.56. The SMILES string of the molecule is CNCC1(c2ccc(C(C)C)cc2)CC2(CCCC2)C1. The first-order chi connectivity index (χ1) is 9.59. The van der Waals surface area contributed by atoms with Crippen molar-refractivity contribution in [3.63, 3.8) is 0 Å². The number of hydrogen-bond acceptors (Lipinski definition) is 1. The second kappa shape index (κ2) is 5.18. The third-order valence-electron chi connectivity index (χ3n) is 5.80. The van der Waals surface area contributed by atoms with Gasteiger partial charge >= 0.3 is 0 Å². The van der Waals surface area contributed by atoms with Crippen LogP contribution < -0.4 is 5.32 Å². The van der Waals surface area contributed by atoms with Crippen LogP contribution in [-0.4, -0.2) is 13.6 Å². The zero-order chi connectivity index (χ0) is 14.2. The van der Waals surface area contributed by atoms with Crippen LogP contribution in [-0.2, 0) is 5.41 Å². The largest absolute Gasteiger partial charge is 0.319 e. The fraction of sp³-hybridized carbons (Fsp3) is 0.684. The molecule has 2 aliphatic rings. The fourth-order valence-electron chi connectivity index (χ4n) is 4.85. The van der Waals surface area contributed by atoms with Gasteiger partial charge in [0, 0.05) is 12.0 Å². The molecular weight excluding hydrogens is 242 g/mol. The summed E-state index contributed by atoms with van der Waals surface area (Å²) in [4.78, 5) is 0. The first-order valence-corrected chi connectivity index (χ1v) is 8.34. The Kier molecular flexibility index (Phi) is 3.66.